The van der Waals surface area contributed by atoms with Crippen molar-refractivity contribution >= 4 is 11.8 Å². The van der Waals surface area contributed by atoms with E-state index in [2.05, 4.69) is 58.7 Å². The number of amidine groups is 1. The van der Waals surface area contributed by atoms with E-state index in [0.29, 0.717) is 5.92 Å². The zero-order valence-corrected chi connectivity index (χ0v) is 17.3. The lowest BCUT2D eigenvalue weighted by atomic mass is 9.89. The molecule has 0 amide bonds. The molecule has 4 rings (SSSR count). The fourth-order valence-electron chi connectivity index (χ4n) is 4.19. The second-order valence-corrected chi connectivity index (χ2v) is 8.11. The summed E-state index contributed by atoms with van der Waals surface area (Å²) in [6, 6.07) is 6.19. The first-order valence-corrected chi connectivity index (χ1v) is 10.9. The Kier molecular flexibility index (Phi) is 6.55. The summed E-state index contributed by atoms with van der Waals surface area (Å²) in [5, 5.41) is 3.52. The molecule has 1 fully saturated rings. The number of nitrogens with zero attached hydrogens (tertiary/aromatic N) is 4. The van der Waals surface area contributed by atoms with Crippen molar-refractivity contribution in [3.05, 3.63) is 66.0 Å². The first kappa shape index (κ1) is 19.6. The maximum atomic E-state index is 4.93. The minimum absolute atomic E-state index is 0.111. The number of hydrogen-bond donors (Lipinski definition) is 1. The average molecular weight is 390 g/mol. The molecule has 5 heteroatoms. The van der Waals surface area contributed by atoms with Crippen LogP contribution in [0.2, 0.25) is 0 Å². The van der Waals surface area contributed by atoms with Crippen LogP contribution in [-0.4, -0.2) is 47.9 Å². The number of hydrogen-bond acceptors (Lipinski definition) is 3. The van der Waals surface area contributed by atoms with E-state index in [4.69, 9.17) is 9.98 Å². The Bertz CT molecular complexity index is 828. The van der Waals surface area contributed by atoms with E-state index in [1.165, 1.54) is 37.7 Å². The van der Waals surface area contributed by atoms with Crippen LogP contribution in [0.25, 0.3) is 0 Å². The normalized spacial score (nSPS) is 23.1. The Balaban J connectivity index is 1.51. The van der Waals surface area contributed by atoms with E-state index in [-0.39, 0.29) is 6.04 Å². The van der Waals surface area contributed by atoms with Gasteiger partial charge in [0.05, 0.1) is 6.04 Å². The molecule has 1 unspecified atom stereocenters. The molecule has 0 bridgehead atoms. The van der Waals surface area contributed by atoms with Crippen molar-refractivity contribution in [3.8, 4) is 0 Å². The van der Waals surface area contributed by atoms with Crippen LogP contribution in [0.3, 0.4) is 0 Å². The molecule has 2 heterocycles. The van der Waals surface area contributed by atoms with Crippen LogP contribution in [0.1, 0.15) is 37.8 Å². The second kappa shape index (κ2) is 9.68. The van der Waals surface area contributed by atoms with Gasteiger partial charge in [0.25, 0.3) is 0 Å². The van der Waals surface area contributed by atoms with E-state index in [1.54, 1.807) is 0 Å². The number of aliphatic imine (C=N–C) groups is 2. The zero-order chi connectivity index (χ0) is 19.9. The molecule has 0 radical (unpaired) electrons. The van der Waals surface area contributed by atoms with Gasteiger partial charge in [-0.25, -0.2) is 0 Å². The highest BCUT2D eigenvalue weighted by molar-refractivity contribution is 6.09. The summed E-state index contributed by atoms with van der Waals surface area (Å²) < 4.78 is 0. The van der Waals surface area contributed by atoms with Crippen molar-refractivity contribution in [3.63, 3.8) is 0 Å². The number of likely N-dealkylation sites (N-methyl/N-ethyl adjacent to an activating group) is 1. The number of pyridine rings is 1. The topological polar surface area (TPSA) is 52.9 Å². The third-order valence-corrected chi connectivity index (χ3v) is 5.91. The Hall–Kier alpha value is -2.69. The smallest absolute Gasteiger partial charge is 0.220 e. The zero-order valence-electron chi connectivity index (χ0n) is 17.3. The monoisotopic (exact) mass is 389 g/mol. The summed E-state index contributed by atoms with van der Waals surface area (Å²) in [5.74, 6) is 2.48. The van der Waals surface area contributed by atoms with Gasteiger partial charge in [-0.2, -0.15) is 4.99 Å². The molecule has 1 atom stereocenters. The molecule has 5 nitrogen and oxygen atoms in total. The molecule has 1 aromatic rings. The van der Waals surface area contributed by atoms with Crippen LogP contribution in [0, 0.1) is 5.92 Å². The van der Waals surface area contributed by atoms with Crippen molar-refractivity contribution in [2.75, 3.05) is 20.1 Å². The summed E-state index contributed by atoms with van der Waals surface area (Å²) >= 11 is 0. The van der Waals surface area contributed by atoms with Crippen LogP contribution in [0.15, 0.2) is 70.3 Å². The van der Waals surface area contributed by atoms with Gasteiger partial charge >= 0.3 is 0 Å². The molecule has 0 spiro atoms. The van der Waals surface area contributed by atoms with E-state index >= 15 is 0 Å². The van der Waals surface area contributed by atoms with E-state index in [1.807, 2.05) is 18.3 Å². The molecule has 0 saturated heterocycles. The Labute approximate surface area is 174 Å². The maximum Gasteiger partial charge on any atom is 0.220 e. The van der Waals surface area contributed by atoms with E-state index in [0.717, 1.165) is 37.0 Å². The average Bonchev–Trinajstić information content (AvgIpc) is 3.02. The van der Waals surface area contributed by atoms with Crippen molar-refractivity contribution in [1.82, 2.24) is 15.2 Å². The van der Waals surface area contributed by atoms with Crippen LogP contribution < -0.4 is 5.32 Å². The van der Waals surface area contributed by atoms with Crippen molar-refractivity contribution in [1.29, 1.82) is 0 Å². The van der Waals surface area contributed by atoms with Gasteiger partial charge < -0.3 is 10.2 Å². The first-order chi connectivity index (χ1) is 14.3. The first-order valence-electron chi connectivity index (χ1n) is 10.9. The highest BCUT2D eigenvalue weighted by Crippen LogP contribution is 2.24. The Morgan fingerprint density at radius 2 is 2.03 bits per heavy atom. The number of aromatic nitrogens is 1. The van der Waals surface area contributed by atoms with Gasteiger partial charge in [0.1, 0.15) is 5.84 Å². The molecular weight excluding hydrogens is 358 g/mol. The van der Waals surface area contributed by atoms with Gasteiger partial charge in [0, 0.05) is 44.0 Å². The number of guanidine groups is 1. The van der Waals surface area contributed by atoms with Crippen molar-refractivity contribution in [2.24, 2.45) is 15.9 Å². The van der Waals surface area contributed by atoms with Crippen molar-refractivity contribution < 1.29 is 0 Å². The van der Waals surface area contributed by atoms with Crippen LogP contribution in [-0.2, 0) is 6.42 Å². The third-order valence-electron chi connectivity index (χ3n) is 5.91. The molecule has 1 N–H and O–H groups in total. The summed E-state index contributed by atoms with van der Waals surface area (Å²) in [6.45, 7) is 1.74. The summed E-state index contributed by atoms with van der Waals surface area (Å²) in [7, 11) is 2.11. The molecule has 29 heavy (non-hydrogen) atoms. The standard InChI is InChI=1S/C24H31N5/c1-29(17-15-20-12-8-9-16-25-20)23-21-13-6-3-7-14-22(21)27-24(28-23)26-18-19-10-4-2-5-11-19/h3,6-9,12-14,16,19,22H,2,4-5,10-11,15,17-18H2,1H3,(H,26,27). The Morgan fingerprint density at radius 1 is 1.14 bits per heavy atom. The molecular formula is C24H31N5. The second-order valence-electron chi connectivity index (χ2n) is 8.11. The van der Waals surface area contributed by atoms with Gasteiger partial charge in [0.15, 0.2) is 0 Å². The quantitative estimate of drug-likeness (QED) is 0.831. The highest BCUT2D eigenvalue weighted by Gasteiger charge is 2.26. The van der Waals surface area contributed by atoms with Gasteiger partial charge in [-0.05, 0) is 30.9 Å². The van der Waals surface area contributed by atoms with Crippen LogP contribution in [0.5, 0.6) is 0 Å². The number of allylic oxidation sites excluding steroid dienone is 4. The lowest BCUT2D eigenvalue weighted by Crippen LogP contribution is -2.46. The molecule has 3 aliphatic rings. The number of fused-ring (bicyclic) bond motifs is 1. The predicted molar refractivity (Wildman–Crippen MR) is 120 cm³/mol. The predicted octanol–water partition coefficient (Wildman–Crippen LogP) is 3.91. The molecule has 2 aliphatic carbocycles. The minimum Gasteiger partial charge on any atom is -0.359 e. The third kappa shape index (κ3) is 5.22. The Morgan fingerprint density at radius 3 is 2.86 bits per heavy atom. The summed E-state index contributed by atoms with van der Waals surface area (Å²) in [5.41, 5.74) is 2.29. The van der Waals surface area contributed by atoms with E-state index in [9.17, 15) is 0 Å². The van der Waals surface area contributed by atoms with Crippen molar-refractivity contribution in [2.45, 2.75) is 44.6 Å². The number of nitrogens with one attached hydrogen (secondary N) is 1. The molecule has 152 valence electrons. The summed E-state index contributed by atoms with van der Waals surface area (Å²) in [6.07, 6.45) is 20.0. The minimum atomic E-state index is 0.111. The largest absolute Gasteiger partial charge is 0.359 e. The fourth-order valence-corrected chi connectivity index (χ4v) is 4.19. The van der Waals surface area contributed by atoms with Gasteiger partial charge in [-0.3, -0.25) is 9.98 Å². The SMILES string of the molecule is CN(CCc1ccccn1)C1=NC(=NCC2CCCCC2)NC2C=CC=CC=C12. The number of rotatable bonds is 5. The maximum absolute atomic E-state index is 4.93. The molecule has 0 aromatic carbocycles. The fraction of sp³-hybridized carbons (Fsp3) is 0.458. The lowest BCUT2D eigenvalue weighted by Gasteiger charge is -2.31. The lowest BCUT2D eigenvalue weighted by molar-refractivity contribution is 0.366. The molecule has 1 aliphatic heterocycles. The van der Waals surface area contributed by atoms with Gasteiger partial charge in [-0.1, -0.05) is 55.7 Å². The summed E-state index contributed by atoms with van der Waals surface area (Å²) in [4.78, 5) is 16.5. The van der Waals surface area contributed by atoms with Gasteiger partial charge in [-0.15, -0.1) is 0 Å². The van der Waals surface area contributed by atoms with Crippen LogP contribution >= 0.6 is 0 Å². The molecule has 1 saturated carbocycles. The van der Waals surface area contributed by atoms with Crippen LogP contribution in [0.4, 0.5) is 0 Å². The highest BCUT2D eigenvalue weighted by atomic mass is 15.3. The van der Waals surface area contributed by atoms with E-state index < -0.39 is 0 Å². The van der Waals surface area contributed by atoms with Gasteiger partial charge in [0.2, 0.25) is 5.96 Å². The molecule has 1 aromatic heterocycles.